The maximum absolute atomic E-state index is 12.2. The molecule has 2 heteroatoms. The standard InChI is InChI=1S/C22H30O2/c1-4-14-11-18-15(12-21(14)24)5-6-17-16(18)9-10-22(3)19(13(2)23)7-8-20(17)22/h1,14-20H,5-12H2,2-3H3/t14?,15-,16-,17+,18-,19+,20-,22+/m0/s1. The van der Waals surface area contributed by atoms with Crippen molar-refractivity contribution in [3.8, 4) is 12.3 Å². The first-order valence-corrected chi connectivity index (χ1v) is 9.95. The minimum absolute atomic E-state index is 0.133. The molecule has 4 saturated carbocycles. The average molecular weight is 326 g/mol. The van der Waals surface area contributed by atoms with Crippen LogP contribution in [0.4, 0.5) is 0 Å². The number of rotatable bonds is 1. The maximum Gasteiger partial charge on any atom is 0.148 e. The zero-order valence-corrected chi connectivity index (χ0v) is 15.1. The van der Waals surface area contributed by atoms with Crippen molar-refractivity contribution in [1.82, 2.24) is 0 Å². The van der Waals surface area contributed by atoms with Crippen LogP contribution in [0.25, 0.3) is 0 Å². The Morgan fingerprint density at radius 1 is 1.12 bits per heavy atom. The number of fused-ring (bicyclic) bond motifs is 5. The van der Waals surface area contributed by atoms with E-state index < -0.39 is 0 Å². The Hall–Kier alpha value is -1.10. The summed E-state index contributed by atoms with van der Waals surface area (Å²) in [6.07, 6.45) is 14.5. The fraction of sp³-hybridized carbons (Fsp3) is 0.818. The fourth-order valence-electron chi connectivity index (χ4n) is 7.49. The third-order valence-corrected chi connectivity index (χ3v) is 8.57. The van der Waals surface area contributed by atoms with Crippen molar-refractivity contribution in [2.24, 2.45) is 46.8 Å². The summed E-state index contributed by atoms with van der Waals surface area (Å²) in [6.45, 7) is 4.19. The minimum atomic E-state index is -0.133. The highest BCUT2D eigenvalue weighted by atomic mass is 16.1. The fourth-order valence-corrected chi connectivity index (χ4v) is 7.49. The van der Waals surface area contributed by atoms with Crippen molar-refractivity contribution in [3.63, 3.8) is 0 Å². The summed E-state index contributed by atoms with van der Waals surface area (Å²) in [6, 6.07) is 0. The number of terminal acetylenes is 1. The summed E-state index contributed by atoms with van der Waals surface area (Å²) in [4.78, 5) is 24.4. The highest BCUT2D eigenvalue weighted by Gasteiger charge is 2.58. The zero-order valence-electron chi connectivity index (χ0n) is 15.1. The zero-order chi connectivity index (χ0) is 17.1. The van der Waals surface area contributed by atoms with Crippen LogP contribution in [-0.4, -0.2) is 11.6 Å². The summed E-state index contributed by atoms with van der Waals surface area (Å²) < 4.78 is 0. The molecule has 0 amide bonds. The van der Waals surface area contributed by atoms with E-state index in [0.29, 0.717) is 29.3 Å². The third kappa shape index (κ3) is 2.23. The number of ketones is 2. The van der Waals surface area contributed by atoms with Crippen molar-refractivity contribution in [3.05, 3.63) is 0 Å². The van der Waals surface area contributed by atoms with Gasteiger partial charge in [0.05, 0.1) is 5.92 Å². The Labute approximate surface area is 146 Å². The normalized spacial score (nSPS) is 50.4. The number of hydrogen-bond donors (Lipinski definition) is 0. The Balaban J connectivity index is 1.58. The second kappa shape index (κ2) is 5.72. The lowest BCUT2D eigenvalue weighted by Gasteiger charge is -2.55. The lowest BCUT2D eigenvalue weighted by atomic mass is 9.49. The summed E-state index contributed by atoms with van der Waals surface area (Å²) in [5, 5.41) is 0. The monoisotopic (exact) mass is 326 g/mol. The van der Waals surface area contributed by atoms with E-state index in [2.05, 4.69) is 12.8 Å². The van der Waals surface area contributed by atoms with E-state index in [9.17, 15) is 9.59 Å². The Bertz CT molecular complexity index is 600. The van der Waals surface area contributed by atoms with Gasteiger partial charge in [-0.15, -0.1) is 6.42 Å². The van der Waals surface area contributed by atoms with Crippen LogP contribution in [0, 0.1) is 59.2 Å². The van der Waals surface area contributed by atoms with Gasteiger partial charge in [0.15, 0.2) is 0 Å². The van der Waals surface area contributed by atoms with Crippen LogP contribution in [-0.2, 0) is 9.59 Å². The van der Waals surface area contributed by atoms with Gasteiger partial charge in [-0.05, 0) is 86.9 Å². The van der Waals surface area contributed by atoms with Crippen molar-refractivity contribution in [2.75, 3.05) is 0 Å². The first-order valence-electron chi connectivity index (χ1n) is 9.95. The van der Waals surface area contributed by atoms with Gasteiger partial charge in [0, 0.05) is 12.3 Å². The topological polar surface area (TPSA) is 34.1 Å². The highest BCUT2D eigenvalue weighted by molar-refractivity contribution is 5.84. The van der Waals surface area contributed by atoms with Gasteiger partial charge in [-0.25, -0.2) is 0 Å². The molecular formula is C22H30O2. The second-order valence-corrected chi connectivity index (χ2v) is 9.35. The van der Waals surface area contributed by atoms with Gasteiger partial charge in [0.25, 0.3) is 0 Å². The summed E-state index contributed by atoms with van der Waals surface area (Å²) in [5.41, 5.74) is 0.232. The molecule has 0 bridgehead atoms. The summed E-state index contributed by atoms with van der Waals surface area (Å²) in [5.74, 6) is 7.10. The molecule has 0 aromatic rings. The molecule has 1 unspecified atom stereocenters. The van der Waals surface area contributed by atoms with Crippen LogP contribution < -0.4 is 0 Å². The lowest BCUT2D eigenvalue weighted by molar-refractivity contribution is -0.134. The smallest absolute Gasteiger partial charge is 0.148 e. The van der Waals surface area contributed by atoms with E-state index in [4.69, 9.17) is 6.42 Å². The highest BCUT2D eigenvalue weighted by Crippen LogP contribution is 2.64. The van der Waals surface area contributed by atoms with Crippen LogP contribution in [0.2, 0.25) is 0 Å². The molecule has 0 spiro atoms. The number of hydrogen-bond acceptors (Lipinski definition) is 2. The first kappa shape index (κ1) is 16.4. The first-order chi connectivity index (χ1) is 11.5. The van der Waals surface area contributed by atoms with Crippen molar-refractivity contribution < 1.29 is 9.59 Å². The lowest BCUT2D eigenvalue weighted by Crippen LogP contribution is -2.50. The van der Waals surface area contributed by atoms with E-state index in [1.165, 1.54) is 32.1 Å². The Morgan fingerprint density at radius 2 is 1.92 bits per heavy atom. The van der Waals surface area contributed by atoms with Gasteiger partial charge < -0.3 is 0 Å². The van der Waals surface area contributed by atoms with E-state index in [0.717, 1.165) is 31.1 Å². The third-order valence-electron chi connectivity index (χ3n) is 8.57. The van der Waals surface area contributed by atoms with Gasteiger partial charge in [0.1, 0.15) is 11.6 Å². The maximum atomic E-state index is 12.2. The van der Waals surface area contributed by atoms with Gasteiger partial charge in [-0.1, -0.05) is 12.8 Å². The summed E-state index contributed by atoms with van der Waals surface area (Å²) >= 11 is 0. The molecule has 0 aromatic heterocycles. The van der Waals surface area contributed by atoms with Crippen LogP contribution in [0.3, 0.4) is 0 Å². The predicted molar refractivity (Wildman–Crippen MR) is 94.0 cm³/mol. The molecule has 0 aliphatic heterocycles. The van der Waals surface area contributed by atoms with Gasteiger partial charge in [-0.2, -0.15) is 0 Å². The van der Waals surface area contributed by atoms with Crippen molar-refractivity contribution >= 4 is 11.6 Å². The predicted octanol–water partition coefficient (Wildman–Crippen LogP) is 4.27. The van der Waals surface area contributed by atoms with Crippen LogP contribution in [0.5, 0.6) is 0 Å². The second-order valence-electron chi connectivity index (χ2n) is 9.35. The van der Waals surface area contributed by atoms with Crippen LogP contribution in [0.1, 0.15) is 65.2 Å². The molecular weight excluding hydrogens is 296 g/mol. The molecule has 4 aliphatic rings. The molecule has 130 valence electrons. The molecule has 0 saturated heterocycles. The molecule has 0 aromatic carbocycles. The average Bonchev–Trinajstić information content (AvgIpc) is 2.91. The molecule has 4 aliphatic carbocycles. The Morgan fingerprint density at radius 3 is 2.62 bits per heavy atom. The largest absolute Gasteiger partial charge is 0.300 e. The molecule has 4 rings (SSSR count). The quantitative estimate of drug-likeness (QED) is 0.674. The van der Waals surface area contributed by atoms with Crippen LogP contribution in [0.15, 0.2) is 0 Å². The summed E-state index contributed by atoms with van der Waals surface area (Å²) in [7, 11) is 0. The van der Waals surface area contributed by atoms with Crippen molar-refractivity contribution in [2.45, 2.75) is 65.2 Å². The number of carbonyl (C=O) groups is 2. The Kier molecular flexibility index (Phi) is 3.90. The van der Waals surface area contributed by atoms with Gasteiger partial charge >= 0.3 is 0 Å². The molecule has 4 fully saturated rings. The molecule has 0 heterocycles. The van der Waals surface area contributed by atoms with E-state index >= 15 is 0 Å². The molecule has 2 nitrogen and oxygen atoms in total. The molecule has 0 radical (unpaired) electrons. The molecule has 24 heavy (non-hydrogen) atoms. The molecule has 8 atom stereocenters. The van der Waals surface area contributed by atoms with Gasteiger partial charge in [-0.3, -0.25) is 9.59 Å². The SMILES string of the molecule is C#CC1C[C@H]2[C@@H](CC[C@@H]3[C@@H]2CC[C@]2(C)[C@@H](C(C)=O)CC[C@@H]32)CC1=O. The minimum Gasteiger partial charge on any atom is -0.300 e. The molecule has 0 N–H and O–H groups in total. The van der Waals surface area contributed by atoms with Gasteiger partial charge in [0.2, 0.25) is 0 Å². The van der Waals surface area contributed by atoms with Crippen molar-refractivity contribution in [1.29, 1.82) is 0 Å². The van der Waals surface area contributed by atoms with E-state index in [-0.39, 0.29) is 17.3 Å². The number of Topliss-reactive ketones (excluding diaryl/α,β-unsaturated/α-hetero) is 2. The van der Waals surface area contributed by atoms with Crippen LogP contribution >= 0.6 is 0 Å². The van der Waals surface area contributed by atoms with E-state index in [1.807, 2.05) is 0 Å². The van der Waals surface area contributed by atoms with E-state index in [1.54, 1.807) is 6.92 Å². The number of carbonyl (C=O) groups excluding carboxylic acids is 2.